The largest absolute Gasteiger partial charge is 0.465 e. The first kappa shape index (κ1) is 36.7. The fraction of sp³-hybridized carbons (Fsp3) is 0.882. The van der Waals surface area contributed by atoms with E-state index in [0.29, 0.717) is 37.9 Å². The molecule has 0 saturated heterocycles. The van der Waals surface area contributed by atoms with E-state index in [9.17, 15) is 9.59 Å². The Kier molecular flexibility index (Phi) is 27.7. The summed E-state index contributed by atoms with van der Waals surface area (Å²) in [7, 11) is 0. The summed E-state index contributed by atoms with van der Waals surface area (Å²) in [5.41, 5.74) is 0. The predicted molar refractivity (Wildman–Crippen MR) is 162 cm³/mol. The molecule has 224 valence electrons. The Bertz CT molecular complexity index is 509. The first-order chi connectivity index (χ1) is 18.6. The van der Waals surface area contributed by atoms with Gasteiger partial charge in [0.25, 0.3) is 0 Å². The van der Waals surface area contributed by atoms with E-state index in [4.69, 9.17) is 9.47 Å². The molecule has 0 rings (SSSR count). The lowest BCUT2D eigenvalue weighted by Gasteiger charge is -2.14. The molecule has 0 aromatic rings. The zero-order valence-electron chi connectivity index (χ0n) is 25.9. The second-order valence-corrected chi connectivity index (χ2v) is 11.3. The summed E-state index contributed by atoms with van der Waals surface area (Å²) in [4.78, 5) is 23.9. The summed E-state index contributed by atoms with van der Waals surface area (Å²) >= 11 is 0. The maximum absolute atomic E-state index is 11.9. The van der Waals surface area contributed by atoms with E-state index in [2.05, 4.69) is 39.8 Å². The summed E-state index contributed by atoms with van der Waals surface area (Å²) in [6, 6.07) is 0. The van der Waals surface area contributed by atoms with E-state index in [1.807, 2.05) is 0 Å². The fourth-order valence-electron chi connectivity index (χ4n) is 4.72. The van der Waals surface area contributed by atoms with Crippen LogP contribution in [0.25, 0.3) is 0 Å². The zero-order valence-corrected chi connectivity index (χ0v) is 25.9. The molecule has 2 unspecified atom stereocenters. The maximum atomic E-state index is 11.9. The minimum atomic E-state index is -0.0105. The second kappa shape index (κ2) is 28.7. The lowest BCUT2D eigenvalue weighted by atomic mass is 10.0. The third kappa shape index (κ3) is 25.0. The number of ether oxygens (including phenoxy) is 2. The monoisotopic (exact) mass is 536 g/mol. The molecule has 0 bridgehead atoms. The third-order valence-electron chi connectivity index (χ3n) is 7.72. The van der Waals surface area contributed by atoms with Crippen LogP contribution in [-0.2, 0) is 19.1 Å². The highest BCUT2D eigenvalue weighted by Gasteiger charge is 2.11. The average Bonchev–Trinajstić information content (AvgIpc) is 2.93. The topological polar surface area (TPSA) is 52.6 Å². The van der Waals surface area contributed by atoms with E-state index in [0.717, 1.165) is 51.4 Å². The van der Waals surface area contributed by atoms with Crippen molar-refractivity contribution in [3.05, 3.63) is 12.2 Å². The molecule has 0 aromatic carbocycles. The highest BCUT2D eigenvalue weighted by atomic mass is 16.5. The van der Waals surface area contributed by atoms with E-state index in [-0.39, 0.29) is 11.9 Å². The van der Waals surface area contributed by atoms with E-state index < -0.39 is 0 Å². The normalized spacial score (nSPS) is 13.1. The third-order valence-corrected chi connectivity index (χ3v) is 7.72. The molecular weight excluding hydrogens is 472 g/mol. The predicted octanol–water partition coefficient (Wildman–Crippen LogP) is 10.5. The molecule has 0 aliphatic carbocycles. The number of unbranched alkanes of at least 4 members (excludes halogenated alkanes) is 12. The maximum Gasteiger partial charge on any atom is 0.305 e. The van der Waals surface area contributed by atoms with Gasteiger partial charge in [-0.1, -0.05) is 117 Å². The van der Waals surface area contributed by atoms with Crippen molar-refractivity contribution < 1.29 is 19.1 Å². The van der Waals surface area contributed by atoms with Gasteiger partial charge in [0, 0.05) is 12.8 Å². The van der Waals surface area contributed by atoms with Gasteiger partial charge in [0.15, 0.2) is 0 Å². The summed E-state index contributed by atoms with van der Waals surface area (Å²) < 4.78 is 11.0. The minimum Gasteiger partial charge on any atom is -0.465 e. The fourth-order valence-corrected chi connectivity index (χ4v) is 4.72. The van der Waals surface area contributed by atoms with Gasteiger partial charge in [0.05, 0.1) is 13.2 Å². The lowest BCUT2D eigenvalue weighted by Crippen LogP contribution is -2.13. The van der Waals surface area contributed by atoms with Gasteiger partial charge in [-0.05, 0) is 63.2 Å². The van der Waals surface area contributed by atoms with Crippen molar-refractivity contribution in [2.75, 3.05) is 13.2 Å². The summed E-state index contributed by atoms with van der Waals surface area (Å²) in [5, 5.41) is 0. The van der Waals surface area contributed by atoms with Crippen molar-refractivity contribution in [1.29, 1.82) is 0 Å². The van der Waals surface area contributed by atoms with Crippen LogP contribution in [0.3, 0.4) is 0 Å². The highest BCUT2D eigenvalue weighted by molar-refractivity contribution is 5.69. The Morgan fingerprint density at radius 1 is 0.526 bits per heavy atom. The second-order valence-electron chi connectivity index (χ2n) is 11.3. The van der Waals surface area contributed by atoms with Gasteiger partial charge in [-0.3, -0.25) is 9.59 Å². The molecule has 0 fully saturated rings. The van der Waals surface area contributed by atoms with Crippen LogP contribution in [0, 0.1) is 11.8 Å². The van der Waals surface area contributed by atoms with Gasteiger partial charge in [0.1, 0.15) is 0 Å². The van der Waals surface area contributed by atoms with Crippen molar-refractivity contribution in [2.24, 2.45) is 11.8 Å². The minimum absolute atomic E-state index is 0.0105. The van der Waals surface area contributed by atoms with Crippen LogP contribution >= 0.6 is 0 Å². The molecule has 0 saturated carbocycles. The molecule has 2 atom stereocenters. The zero-order chi connectivity index (χ0) is 28.1. The number of carbonyl (C=O) groups excluding carboxylic acids is 2. The number of hydrogen-bond donors (Lipinski definition) is 0. The molecule has 0 amide bonds. The van der Waals surface area contributed by atoms with Gasteiger partial charge >= 0.3 is 11.9 Å². The van der Waals surface area contributed by atoms with Gasteiger partial charge in [-0.15, -0.1) is 0 Å². The summed E-state index contributed by atoms with van der Waals surface area (Å²) in [6.07, 6.45) is 29.1. The Morgan fingerprint density at radius 3 is 1.26 bits per heavy atom. The van der Waals surface area contributed by atoms with Crippen LogP contribution < -0.4 is 0 Å². The molecule has 0 heterocycles. The first-order valence-corrected chi connectivity index (χ1v) is 16.5. The Labute approximate surface area is 237 Å². The van der Waals surface area contributed by atoms with Crippen molar-refractivity contribution in [3.63, 3.8) is 0 Å². The standard InChI is InChI=1S/C34H64O4/c1-5-9-25-31(7-3)29-37-33(35)27-23-21-19-17-15-13-11-12-14-16-18-20-22-24-28-34(36)38-30-32(8-4)26-10-6-2/h11-12,31-32H,5-10,13-30H2,1-4H3/b12-11+. The first-order valence-electron chi connectivity index (χ1n) is 16.5. The lowest BCUT2D eigenvalue weighted by molar-refractivity contribution is -0.146. The van der Waals surface area contributed by atoms with Gasteiger partial charge in [-0.2, -0.15) is 0 Å². The molecule has 0 N–H and O–H groups in total. The van der Waals surface area contributed by atoms with Gasteiger partial charge in [-0.25, -0.2) is 0 Å². The van der Waals surface area contributed by atoms with Crippen LogP contribution in [0.2, 0.25) is 0 Å². The van der Waals surface area contributed by atoms with E-state index in [1.165, 1.54) is 77.0 Å². The Balaban J connectivity index is 3.45. The molecule has 0 aromatic heterocycles. The molecule has 4 heteroatoms. The summed E-state index contributed by atoms with van der Waals surface area (Å²) in [6.45, 7) is 10.0. The molecule has 0 radical (unpaired) electrons. The quantitative estimate of drug-likeness (QED) is 0.0567. The average molecular weight is 537 g/mol. The van der Waals surface area contributed by atoms with Crippen molar-refractivity contribution in [1.82, 2.24) is 0 Å². The Morgan fingerprint density at radius 2 is 0.895 bits per heavy atom. The van der Waals surface area contributed by atoms with Crippen LogP contribution in [-0.4, -0.2) is 25.2 Å². The van der Waals surface area contributed by atoms with Crippen LogP contribution in [0.15, 0.2) is 12.2 Å². The molecular formula is C34H64O4. The molecule has 0 aliphatic rings. The number of allylic oxidation sites excluding steroid dienone is 2. The van der Waals surface area contributed by atoms with Crippen molar-refractivity contribution >= 4 is 11.9 Å². The van der Waals surface area contributed by atoms with Gasteiger partial charge < -0.3 is 9.47 Å². The molecule has 38 heavy (non-hydrogen) atoms. The van der Waals surface area contributed by atoms with Crippen LogP contribution in [0.4, 0.5) is 0 Å². The molecule has 4 nitrogen and oxygen atoms in total. The molecule has 0 spiro atoms. The van der Waals surface area contributed by atoms with E-state index in [1.54, 1.807) is 0 Å². The Hall–Kier alpha value is -1.32. The SMILES string of the molecule is CCCCC(CC)COC(=O)CCCCCCC/C=C/CCCCCCCC(=O)OCC(CC)CCCC. The smallest absolute Gasteiger partial charge is 0.305 e. The van der Waals surface area contributed by atoms with Crippen LogP contribution in [0.5, 0.6) is 0 Å². The van der Waals surface area contributed by atoms with Gasteiger partial charge in [0.2, 0.25) is 0 Å². The summed E-state index contributed by atoms with van der Waals surface area (Å²) in [5.74, 6) is 1.05. The van der Waals surface area contributed by atoms with Crippen molar-refractivity contribution in [3.8, 4) is 0 Å². The number of esters is 2. The van der Waals surface area contributed by atoms with Crippen LogP contribution in [0.1, 0.15) is 169 Å². The van der Waals surface area contributed by atoms with E-state index >= 15 is 0 Å². The molecule has 0 aliphatic heterocycles. The number of hydrogen-bond acceptors (Lipinski definition) is 4. The number of rotatable bonds is 28. The number of carbonyl (C=O) groups is 2. The van der Waals surface area contributed by atoms with Crippen molar-refractivity contribution in [2.45, 2.75) is 169 Å². The highest BCUT2D eigenvalue weighted by Crippen LogP contribution is 2.15.